The maximum Gasteiger partial charge on any atom is 0.0739 e. The zero-order valence-corrected chi connectivity index (χ0v) is 19.0. The van der Waals surface area contributed by atoms with E-state index in [0.29, 0.717) is 0 Å². The number of fused-ring (bicyclic) bond motifs is 10. The fraction of sp³-hybridized carbons (Fsp3) is 0. The summed E-state index contributed by atoms with van der Waals surface area (Å²) in [5.41, 5.74) is 23.9. The predicted octanol–water partition coefficient (Wildman–Crippen LogP) is 6.50. The van der Waals surface area contributed by atoms with Crippen LogP contribution in [-0.2, 0) is 0 Å². The Kier molecular flexibility index (Phi) is 2.54. The second kappa shape index (κ2) is 5.26. The summed E-state index contributed by atoms with van der Waals surface area (Å²) in [7, 11) is 0. The highest BCUT2D eigenvalue weighted by Gasteiger charge is 2.28. The molecule has 0 unspecified atom stereocenters. The molecule has 4 aliphatic heterocycles. The molecule has 0 saturated carbocycles. The van der Waals surface area contributed by atoms with E-state index in [0.717, 1.165) is 22.1 Å². The molecule has 0 aromatic heterocycles. The van der Waals surface area contributed by atoms with Gasteiger partial charge in [-0.25, -0.2) is 18.7 Å². The monoisotopic (exact) mass is 462 g/mol. The third kappa shape index (κ3) is 1.59. The first kappa shape index (κ1) is 17.4. The Bertz CT molecular complexity index is 2180. The summed E-state index contributed by atoms with van der Waals surface area (Å²) in [6, 6.07) is 30.2. The van der Waals surface area contributed by atoms with Crippen molar-refractivity contribution in [3.63, 3.8) is 0 Å². The largest absolute Gasteiger partial charge is 0.398 e. The van der Waals surface area contributed by atoms with Crippen LogP contribution in [0.1, 0.15) is 0 Å². The third-order valence-corrected chi connectivity index (χ3v) is 8.36. The van der Waals surface area contributed by atoms with Crippen molar-refractivity contribution in [2.45, 2.75) is 0 Å². The summed E-state index contributed by atoms with van der Waals surface area (Å²) in [6.45, 7) is 0. The molecule has 0 atom stereocenters. The number of nitrogen functional groups attached to an aromatic ring is 2. The quantitative estimate of drug-likeness (QED) is 0.252. The second-order valence-electron chi connectivity index (χ2n) is 9.95. The van der Waals surface area contributed by atoms with Crippen molar-refractivity contribution in [3.05, 3.63) is 84.9 Å². The highest BCUT2D eigenvalue weighted by molar-refractivity contribution is 6.26. The van der Waals surface area contributed by atoms with Crippen molar-refractivity contribution in [1.29, 1.82) is 0 Å². The lowest BCUT2D eigenvalue weighted by Crippen LogP contribution is -2.03. The molecule has 0 aliphatic carbocycles. The molecule has 0 radical (unpaired) electrons. The van der Waals surface area contributed by atoms with E-state index >= 15 is 0 Å². The molecule has 4 heterocycles. The molecule has 0 bridgehead atoms. The summed E-state index contributed by atoms with van der Waals surface area (Å²) < 4.78 is 9.40. The lowest BCUT2D eigenvalue weighted by Gasteiger charge is -2.06. The molecular formula is C30H18N6. The van der Waals surface area contributed by atoms with Crippen LogP contribution in [-0.4, -0.2) is 18.7 Å². The smallest absolute Gasteiger partial charge is 0.0739 e. The second-order valence-corrected chi connectivity index (χ2v) is 9.95. The molecule has 168 valence electrons. The van der Waals surface area contributed by atoms with Gasteiger partial charge in [-0.2, -0.15) is 0 Å². The minimum absolute atomic E-state index is 0.814. The van der Waals surface area contributed by atoms with Gasteiger partial charge in [0.15, 0.2) is 0 Å². The SMILES string of the molecule is Nc1ccc2c3c1cccc3n1c3ccc4c5c3c(ccc5n3c5cccc6c(N)ccc(c65)n4-3)n2-1. The first-order valence-electron chi connectivity index (χ1n) is 12.1. The first-order chi connectivity index (χ1) is 17.7. The molecule has 0 fully saturated rings. The van der Waals surface area contributed by atoms with Crippen LogP contribution >= 0.6 is 0 Å². The van der Waals surface area contributed by atoms with Gasteiger partial charge in [0.25, 0.3) is 0 Å². The predicted molar refractivity (Wildman–Crippen MR) is 149 cm³/mol. The molecule has 6 nitrogen and oxygen atoms in total. The minimum atomic E-state index is 0.814. The van der Waals surface area contributed by atoms with E-state index in [2.05, 4.69) is 91.5 Å². The molecular weight excluding hydrogens is 444 g/mol. The van der Waals surface area contributed by atoms with E-state index in [1.165, 1.54) is 65.7 Å². The van der Waals surface area contributed by atoms with Crippen molar-refractivity contribution >= 4 is 87.8 Å². The van der Waals surface area contributed by atoms with Gasteiger partial charge in [0.2, 0.25) is 0 Å². The van der Waals surface area contributed by atoms with E-state index < -0.39 is 0 Å². The van der Waals surface area contributed by atoms with E-state index in [-0.39, 0.29) is 0 Å². The van der Waals surface area contributed by atoms with Gasteiger partial charge in [-0.1, -0.05) is 24.3 Å². The van der Waals surface area contributed by atoms with E-state index in [9.17, 15) is 0 Å². The van der Waals surface area contributed by atoms with Crippen molar-refractivity contribution in [2.75, 3.05) is 11.5 Å². The summed E-state index contributed by atoms with van der Waals surface area (Å²) in [5, 5.41) is 7.19. The highest BCUT2D eigenvalue weighted by Crippen LogP contribution is 2.46. The normalized spacial score (nSPS) is 13.2. The molecule has 36 heavy (non-hydrogen) atoms. The maximum absolute atomic E-state index is 6.37. The number of aromatic nitrogens is 4. The van der Waals surface area contributed by atoms with Gasteiger partial charge < -0.3 is 11.5 Å². The maximum atomic E-state index is 6.37. The van der Waals surface area contributed by atoms with Crippen molar-refractivity contribution in [3.8, 4) is 0 Å². The Morgan fingerprint density at radius 2 is 0.639 bits per heavy atom. The third-order valence-electron chi connectivity index (χ3n) is 8.36. The highest BCUT2D eigenvalue weighted by atomic mass is 15.5. The van der Waals surface area contributed by atoms with Crippen molar-refractivity contribution in [1.82, 2.24) is 18.7 Å². The van der Waals surface area contributed by atoms with Gasteiger partial charge >= 0.3 is 0 Å². The molecule has 10 rings (SSSR count). The number of benzene rings is 6. The lowest BCUT2D eigenvalue weighted by molar-refractivity contribution is 0.789. The lowest BCUT2D eigenvalue weighted by atomic mass is 10.0. The molecule has 0 amide bonds. The van der Waals surface area contributed by atoms with Crippen LogP contribution in [0, 0.1) is 0 Å². The molecule has 6 aromatic carbocycles. The van der Waals surface area contributed by atoms with E-state index in [1.807, 2.05) is 12.1 Å². The van der Waals surface area contributed by atoms with Crippen LogP contribution in [0.5, 0.6) is 0 Å². The van der Waals surface area contributed by atoms with Crippen LogP contribution in [0.4, 0.5) is 11.4 Å². The van der Waals surface area contributed by atoms with Gasteiger partial charge in [-0.3, -0.25) is 0 Å². The van der Waals surface area contributed by atoms with Crippen LogP contribution in [0.25, 0.3) is 76.5 Å². The average Bonchev–Trinajstić information content (AvgIpc) is 3.61. The number of anilines is 2. The van der Waals surface area contributed by atoms with Gasteiger partial charge in [0, 0.05) is 43.7 Å². The number of nitrogens with zero attached hydrogens (tertiary/aromatic N) is 4. The summed E-state index contributed by atoms with van der Waals surface area (Å²) >= 11 is 0. The van der Waals surface area contributed by atoms with Gasteiger partial charge in [0.05, 0.1) is 44.1 Å². The zero-order valence-electron chi connectivity index (χ0n) is 19.0. The summed E-state index contributed by atoms with van der Waals surface area (Å²) in [6.07, 6.45) is 0. The van der Waals surface area contributed by atoms with Gasteiger partial charge in [0.1, 0.15) is 0 Å². The molecule has 0 spiro atoms. The molecule has 4 aliphatic rings. The average molecular weight is 463 g/mol. The standard InChI is InChI=1S/C30H18N6/c31-17-7-9-21-27-15(17)3-1-5-19(27)33-23-11-13-26-30-24(12-14-25(29(23)30)35(21)33)34-20-6-2-4-16-18(32)8-10-22(28(16)20)36(26)34/h1-14H,31-32H2. The number of rotatable bonds is 0. The summed E-state index contributed by atoms with van der Waals surface area (Å²) in [4.78, 5) is 0. The van der Waals surface area contributed by atoms with Crippen molar-refractivity contribution < 1.29 is 0 Å². The van der Waals surface area contributed by atoms with Gasteiger partial charge in [-0.05, 0) is 60.7 Å². The topological polar surface area (TPSA) is 71.8 Å². The molecule has 6 heteroatoms. The molecule has 6 aromatic rings. The van der Waals surface area contributed by atoms with Gasteiger partial charge in [-0.15, -0.1) is 0 Å². The fourth-order valence-corrected chi connectivity index (χ4v) is 7.00. The molecule has 0 saturated heterocycles. The Morgan fingerprint density at radius 3 is 1.03 bits per heavy atom. The Hall–Kier alpha value is -5.10. The zero-order chi connectivity index (χ0) is 23.4. The Morgan fingerprint density at radius 1 is 0.333 bits per heavy atom. The fourth-order valence-electron chi connectivity index (χ4n) is 7.00. The van der Waals surface area contributed by atoms with Crippen LogP contribution in [0.3, 0.4) is 0 Å². The van der Waals surface area contributed by atoms with E-state index in [4.69, 9.17) is 11.5 Å². The van der Waals surface area contributed by atoms with Crippen molar-refractivity contribution in [2.24, 2.45) is 0 Å². The van der Waals surface area contributed by atoms with Crippen LogP contribution in [0.2, 0.25) is 0 Å². The number of nitrogens with two attached hydrogens (primary N) is 2. The Labute approximate surface area is 203 Å². The first-order valence-corrected chi connectivity index (χ1v) is 12.1. The number of hydrogen-bond donors (Lipinski definition) is 2. The minimum Gasteiger partial charge on any atom is -0.398 e. The van der Waals surface area contributed by atoms with E-state index in [1.54, 1.807) is 0 Å². The van der Waals surface area contributed by atoms with Crippen LogP contribution in [0.15, 0.2) is 84.9 Å². The van der Waals surface area contributed by atoms with Crippen LogP contribution < -0.4 is 11.5 Å². The molecule has 4 N–H and O–H groups in total. The summed E-state index contributed by atoms with van der Waals surface area (Å²) in [5.74, 6) is 0. The Balaban J connectivity index is 1.51. The number of hydrogen-bond acceptors (Lipinski definition) is 2.